The average molecular weight is 213 g/mol. The fourth-order valence-corrected chi connectivity index (χ4v) is 2.42. The Morgan fingerprint density at radius 1 is 1.12 bits per heavy atom. The molecule has 0 saturated heterocycles. The predicted molar refractivity (Wildman–Crippen MR) is 69.7 cm³/mol. The zero-order chi connectivity index (χ0) is 11.6. The van der Waals surface area contributed by atoms with Crippen molar-refractivity contribution >= 4 is 10.8 Å². The first-order valence-corrected chi connectivity index (χ1v) is 5.98. The van der Waals surface area contributed by atoms with E-state index < -0.39 is 0 Å². The van der Waals surface area contributed by atoms with E-state index in [9.17, 15) is 0 Å². The maximum Gasteiger partial charge on any atom is 0.0346 e. The normalized spacial score (nSPS) is 11.9. The summed E-state index contributed by atoms with van der Waals surface area (Å²) in [5.74, 6) is 0. The predicted octanol–water partition coefficient (Wildman–Crippen LogP) is 4.31. The van der Waals surface area contributed by atoms with Crippen LogP contribution in [0.3, 0.4) is 0 Å². The van der Waals surface area contributed by atoms with Gasteiger partial charge in [0.25, 0.3) is 0 Å². The van der Waals surface area contributed by atoms with Gasteiger partial charge in [-0.1, -0.05) is 51.5 Å². The van der Waals surface area contributed by atoms with Gasteiger partial charge in [-0.25, -0.2) is 0 Å². The van der Waals surface area contributed by atoms with Crippen LogP contribution in [0.1, 0.15) is 39.2 Å². The Morgan fingerprint density at radius 3 is 2.62 bits per heavy atom. The molecule has 2 aromatic rings. The molecule has 0 aliphatic rings. The summed E-state index contributed by atoms with van der Waals surface area (Å²) in [4.78, 5) is 4.36. The molecule has 0 amide bonds. The lowest BCUT2D eigenvalue weighted by Gasteiger charge is -2.25. The third kappa shape index (κ3) is 1.95. The van der Waals surface area contributed by atoms with Crippen LogP contribution in [0.5, 0.6) is 0 Å². The van der Waals surface area contributed by atoms with Crippen LogP contribution in [0.25, 0.3) is 10.8 Å². The van der Waals surface area contributed by atoms with Crippen LogP contribution in [-0.2, 0) is 5.41 Å². The molecule has 1 aromatic carbocycles. The number of fused-ring (bicyclic) bond motifs is 1. The van der Waals surface area contributed by atoms with Crippen LogP contribution >= 0.6 is 0 Å². The minimum Gasteiger partial charge on any atom is -0.264 e. The van der Waals surface area contributed by atoms with Crippen LogP contribution in [0.2, 0.25) is 0 Å². The van der Waals surface area contributed by atoms with Crippen LogP contribution in [0.15, 0.2) is 36.7 Å². The van der Waals surface area contributed by atoms with Gasteiger partial charge in [-0.15, -0.1) is 0 Å². The summed E-state index contributed by atoms with van der Waals surface area (Å²) in [5, 5.41) is 2.58. The summed E-state index contributed by atoms with van der Waals surface area (Å²) >= 11 is 0. The fourth-order valence-electron chi connectivity index (χ4n) is 2.42. The quantitative estimate of drug-likeness (QED) is 0.740. The van der Waals surface area contributed by atoms with Gasteiger partial charge in [-0.2, -0.15) is 0 Å². The highest BCUT2D eigenvalue weighted by Gasteiger charge is 2.21. The van der Waals surface area contributed by atoms with Crippen molar-refractivity contribution in [2.45, 2.75) is 39.0 Å². The molecule has 0 unspecified atom stereocenters. The highest BCUT2D eigenvalue weighted by Crippen LogP contribution is 2.32. The molecule has 84 valence electrons. The zero-order valence-electron chi connectivity index (χ0n) is 10.3. The first-order valence-electron chi connectivity index (χ1n) is 5.98. The third-order valence-corrected chi connectivity index (χ3v) is 3.27. The summed E-state index contributed by atoms with van der Waals surface area (Å²) in [6, 6.07) is 8.51. The van der Waals surface area contributed by atoms with Crippen LogP contribution < -0.4 is 0 Å². The van der Waals surface area contributed by atoms with Crippen molar-refractivity contribution < 1.29 is 0 Å². The number of aromatic nitrogens is 1. The fraction of sp³-hybridized carbons (Fsp3) is 0.400. The molecular formula is C15H19N. The van der Waals surface area contributed by atoms with E-state index in [1.165, 1.54) is 29.2 Å². The van der Waals surface area contributed by atoms with E-state index in [4.69, 9.17) is 0 Å². The molecule has 0 spiro atoms. The van der Waals surface area contributed by atoms with Crippen LogP contribution in [-0.4, -0.2) is 4.98 Å². The molecule has 0 atom stereocenters. The standard InChI is InChI=1S/C15H19N/c1-4-9-15(2,3)14-11-16-10-12-7-5-6-8-13(12)14/h5-8,10-11H,4,9H2,1-3H3. The molecule has 1 heteroatoms. The summed E-state index contributed by atoms with van der Waals surface area (Å²) in [6.07, 6.45) is 6.37. The summed E-state index contributed by atoms with van der Waals surface area (Å²) in [7, 11) is 0. The van der Waals surface area contributed by atoms with E-state index in [1.54, 1.807) is 0 Å². The first kappa shape index (κ1) is 11.1. The van der Waals surface area contributed by atoms with Gasteiger partial charge in [0.2, 0.25) is 0 Å². The van der Waals surface area contributed by atoms with Gasteiger partial charge in [-0.3, -0.25) is 4.98 Å². The zero-order valence-corrected chi connectivity index (χ0v) is 10.3. The van der Waals surface area contributed by atoms with Crippen molar-refractivity contribution in [1.29, 1.82) is 0 Å². The number of nitrogens with zero attached hydrogens (tertiary/aromatic N) is 1. The lowest BCUT2D eigenvalue weighted by molar-refractivity contribution is 0.475. The minimum absolute atomic E-state index is 0.211. The van der Waals surface area contributed by atoms with E-state index in [0.29, 0.717) is 0 Å². The molecule has 1 nitrogen and oxygen atoms in total. The highest BCUT2D eigenvalue weighted by atomic mass is 14.6. The van der Waals surface area contributed by atoms with E-state index >= 15 is 0 Å². The van der Waals surface area contributed by atoms with E-state index in [1.807, 2.05) is 12.4 Å². The number of hydrogen-bond acceptors (Lipinski definition) is 1. The Balaban J connectivity index is 2.60. The molecule has 16 heavy (non-hydrogen) atoms. The molecule has 0 radical (unpaired) electrons. The van der Waals surface area contributed by atoms with E-state index in [-0.39, 0.29) is 5.41 Å². The molecule has 0 N–H and O–H groups in total. The largest absolute Gasteiger partial charge is 0.264 e. The second kappa shape index (κ2) is 4.25. The molecule has 0 fully saturated rings. The molecule has 0 saturated carbocycles. The van der Waals surface area contributed by atoms with E-state index in [2.05, 4.69) is 50.0 Å². The molecule has 2 rings (SSSR count). The van der Waals surface area contributed by atoms with Crippen LogP contribution in [0.4, 0.5) is 0 Å². The average Bonchev–Trinajstić information content (AvgIpc) is 2.28. The van der Waals surface area contributed by atoms with Crippen molar-refractivity contribution in [1.82, 2.24) is 4.98 Å². The lowest BCUT2D eigenvalue weighted by atomic mass is 9.79. The molecule has 1 heterocycles. The maximum atomic E-state index is 4.36. The Kier molecular flexibility index (Phi) is 2.95. The molecule has 0 aliphatic heterocycles. The molecule has 1 aromatic heterocycles. The van der Waals surface area contributed by atoms with Crippen LogP contribution in [0, 0.1) is 0 Å². The minimum atomic E-state index is 0.211. The summed E-state index contributed by atoms with van der Waals surface area (Å²) in [5.41, 5.74) is 1.58. The van der Waals surface area contributed by atoms with Crippen molar-refractivity contribution in [2.24, 2.45) is 0 Å². The number of rotatable bonds is 3. The third-order valence-electron chi connectivity index (χ3n) is 3.27. The van der Waals surface area contributed by atoms with Crippen molar-refractivity contribution in [3.8, 4) is 0 Å². The number of benzene rings is 1. The Morgan fingerprint density at radius 2 is 1.88 bits per heavy atom. The first-order chi connectivity index (χ1) is 7.65. The topological polar surface area (TPSA) is 12.9 Å². The van der Waals surface area contributed by atoms with Gasteiger partial charge in [0.05, 0.1) is 0 Å². The number of pyridine rings is 1. The monoisotopic (exact) mass is 213 g/mol. The summed E-state index contributed by atoms with van der Waals surface area (Å²) in [6.45, 7) is 6.85. The van der Waals surface area contributed by atoms with Crippen molar-refractivity contribution in [2.75, 3.05) is 0 Å². The molecule has 0 bridgehead atoms. The maximum absolute atomic E-state index is 4.36. The Hall–Kier alpha value is -1.37. The van der Waals surface area contributed by atoms with Gasteiger partial charge >= 0.3 is 0 Å². The van der Waals surface area contributed by atoms with Gasteiger partial charge in [0, 0.05) is 17.8 Å². The van der Waals surface area contributed by atoms with Gasteiger partial charge < -0.3 is 0 Å². The van der Waals surface area contributed by atoms with Gasteiger partial charge in [-0.05, 0) is 22.8 Å². The van der Waals surface area contributed by atoms with E-state index in [0.717, 1.165) is 0 Å². The molecular weight excluding hydrogens is 194 g/mol. The number of hydrogen-bond donors (Lipinski definition) is 0. The van der Waals surface area contributed by atoms with Crippen molar-refractivity contribution in [3.63, 3.8) is 0 Å². The Bertz CT molecular complexity index is 480. The molecule has 0 aliphatic carbocycles. The second-order valence-corrected chi connectivity index (χ2v) is 5.04. The highest BCUT2D eigenvalue weighted by molar-refractivity contribution is 5.85. The van der Waals surface area contributed by atoms with Gasteiger partial charge in [0.15, 0.2) is 0 Å². The van der Waals surface area contributed by atoms with Crippen molar-refractivity contribution in [3.05, 3.63) is 42.2 Å². The Labute approximate surface area is 97.5 Å². The summed E-state index contributed by atoms with van der Waals surface area (Å²) < 4.78 is 0. The second-order valence-electron chi connectivity index (χ2n) is 5.04. The smallest absolute Gasteiger partial charge is 0.0346 e. The SMILES string of the molecule is CCCC(C)(C)c1cncc2ccccc12. The lowest BCUT2D eigenvalue weighted by Crippen LogP contribution is -2.17. The van der Waals surface area contributed by atoms with Gasteiger partial charge in [0.1, 0.15) is 0 Å².